The number of fused-ring (bicyclic) bond motifs is 1. The number of carboxylic acid groups (broad SMARTS) is 1. The molecule has 2 atom stereocenters. The first kappa shape index (κ1) is 14.6. The van der Waals surface area contributed by atoms with Crippen LogP contribution in [0.2, 0.25) is 0 Å². The highest BCUT2D eigenvalue weighted by atomic mass is 32.1. The van der Waals surface area contributed by atoms with Gasteiger partial charge in [-0.05, 0) is 25.7 Å². The Bertz CT molecular complexity index is 558. The predicted octanol–water partition coefficient (Wildman–Crippen LogP) is 3.04. The number of alkyl halides is 3. The lowest BCUT2D eigenvalue weighted by molar-refractivity contribution is -0.176. The minimum absolute atomic E-state index is 0.0758. The average Bonchev–Trinajstić information content (AvgIpc) is 2.96. The second-order valence-electron chi connectivity index (χ2n) is 5.56. The summed E-state index contributed by atoms with van der Waals surface area (Å²) in [6, 6.07) is 0. The van der Waals surface area contributed by atoms with E-state index in [4.69, 9.17) is 5.11 Å². The molecule has 1 aromatic heterocycles. The highest BCUT2D eigenvalue weighted by molar-refractivity contribution is 7.15. The maximum atomic E-state index is 12.8. The van der Waals surface area contributed by atoms with Crippen LogP contribution in [0.1, 0.15) is 35.8 Å². The Labute approximate surface area is 123 Å². The van der Waals surface area contributed by atoms with Crippen LogP contribution in [0, 0.1) is 5.92 Å². The summed E-state index contributed by atoms with van der Waals surface area (Å²) >= 11 is 1.35. The molecule has 116 valence electrons. The van der Waals surface area contributed by atoms with Gasteiger partial charge in [0.05, 0.1) is 11.6 Å². The number of hydrogen-bond donors (Lipinski definition) is 1. The summed E-state index contributed by atoms with van der Waals surface area (Å²) in [5, 5.41) is 9.67. The number of aliphatic carboxylic acids is 1. The maximum absolute atomic E-state index is 12.8. The second kappa shape index (κ2) is 5.15. The van der Waals surface area contributed by atoms with Crippen molar-refractivity contribution in [2.75, 3.05) is 18.0 Å². The largest absolute Gasteiger partial charge is 0.481 e. The van der Waals surface area contributed by atoms with Gasteiger partial charge in [-0.2, -0.15) is 13.2 Å². The van der Waals surface area contributed by atoms with Gasteiger partial charge in [0.25, 0.3) is 0 Å². The molecule has 2 heterocycles. The zero-order chi connectivity index (χ0) is 15.2. The van der Waals surface area contributed by atoms with Gasteiger partial charge in [0.1, 0.15) is 5.92 Å². The van der Waals surface area contributed by atoms with E-state index in [1.807, 2.05) is 0 Å². The third-order valence-electron chi connectivity index (χ3n) is 4.16. The number of thiazole rings is 1. The zero-order valence-corrected chi connectivity index (χ0v) is 12.0. The van der Waals surface area contributed by atoms with Gasteiger partial charge < -0.3 is 10.0 Å². The second-order valence-corrected chi connectivity index (χ2v) is 6.62. The number of piperidine rings is 1. The van der Waals surface area contributed by atoms with Gasteiger partial charge in [0.2, 0.25) is 0 Å². The van der Waals surface area contributed by atoms with E-state index >= 15 is 0 Å². The van der Waals surface area contributed by atoms with Crippen molar-refractivity contribution in [2.45, 2.75) is 37.8 Å². The van der Waals surface area contributed by atoms with Crippen LogP contribution in [0.4, 0.5) is 18.3 Å². The van der Waals surface area contributed by atoms with E-state index in [-0.39, 0.29) is 13.0 Å². The summed E-state index contributed by atoms with van der Waals surface area (Å²) in [4.78, 5) is 18.0. The van der Waals surface area contributed by atoms with Crippen molar-refractivity contribution in [2.24, 2.45) is 5.92 Å². The van der Waals surface area contributed by atoms with Gasteiger partial charge in [-0.25, -0.2) is 4.98 Å². The number of carbonyl (C=O) groups is 1. The maximum Gasteiger partial charge on any atom is 0.393 e. The third-order valence-corrected chi connectivity index (χ3v) is 5.35. The topological polar surface area (TPSA) is 53.4 Å². The molecule has 0 spiro atoms. The lowest BCUT2D eigenvalue weighted by Crippen LogP contribution is -2.41. The Kier molecular flexibility index (Phi) is 3.59. The lowest BCUT2D eigenvalue weighted by Gasteiger charge is -2.33. The molecule has 0 amide bonds. The minimum atomic E-state index is -4.18. The molecular formula is C13H15F3N2O2S. The van der Waals surface area contributed by atoms with E-state index in [0.29, 0.717) is 36.6 Å². The first-order chi connectivity index (χ1) is 9.86. The van der Waals surface area contributed by atoms with E-state index in [2.05, 4.69) is 4.98 Å². The van der Waals surface area contributed by atoms with Crippen molar-refractivity contribution < 1.29 is 23.1 Å². The molecule has 2 unspecified atom stereocenters. The third kappa shape index (κ3) is 2.73. The molecule has 1 aliphatic heterocycles. The van der Waals surface area contributed by atoms with Crippen molar-refractivity contribution in [1.29, 1.82) is 0 Å². The highest BCUT2D eigenvalue weighted by Gasteiger charge is 2.42. The zero-order valence-electron chi connectivity index (χ0n) is 11.2. The Morgan fingerprint density at radius 2 is 2.14 bits per heavy atom. The molecule has 0 bridgehead atoms. The summed E-state index contributed by atoms with van der Waals surface area (Å²) < 4.78 is 38.5. The van der Waals surface area contributed by atoms with Crippen molar-refractivity contribution in [1.82, 2.24) is 4.98 Å². The predicted molar refractivity (Wildman–Crippen MR) is 71.8 cm³/mol. The summed E-state index contributed by atoms with van der Waals surface area (Å²) in [7, 11) is 0. The number of aromatic nitrogens is 1. The number of hydrogen-bond acceptors (Lipinski definition) is 4. The molecule has 1 saturated heterocycles. The Balaban J connectivity index is 1.79. The number of aryl methyl sites for hydroxylation is 1. The minimum Gasteiger partial charge on any atom is -0.481 e. The van der Waals surface area contributed by atoms with Crippen LogP contribution in [0.5, 0.6) is 0 Å². The molecule has 0 saturated carbocycles. The van der Waals surface area contributed by atoms with Crippen LogP contribution in [-0.4, -0.2) is 35.3 Å². The van der Waals surface area contributed by atoms with Crippen LogP contribution >= 0.6 is 11.3 Å². The number of anilines is 1. The van der Waals surface area contributed by atoms with Crippen LogP contribution < -0.4 is 4.90 Å². The Morgan fingerprint density at radius 1 is 1.38 bits per heavy atom. The van der Waals surface area contributed by atoms with Gasteiger partial charge in [-0.15, -0.1) is 11.3 Å². The number of rotatable bonds is 2. The Hall–Kier alpha value is -1.31. The van der Waals surface area contributed by atoms with Gasteiger partial charge in [0, 0.05) is 18.0 Å². The van der Waals surface area contributed by atoms with E-state index in [9.17, 15) is 18.0 Å². The molecule has 4 nitrogen and oxygen atoms in total. The van der Waals surface area contributed by atoms with Crippen molar-refractivity contribution in [3.63, 3.8) is 0 Å². The van der Waals surface area contributed by atoms with E-state index in [1.165, 1.54) is 11.3 Å². The molecular weight excluding hydrogens is 305 g/mol. The smallest absolute Gasteiger partial charge is 0.393 e. The van der Waals surface area contributed by atoms with Crippen LogP contribution in [0.15, 0.2) is 0 Å². The molecule has 0 radical (unpaired) electrons. The van der Waals surface area contributed by atoms with Crippen molar-refractivity contribution in [3.8, 4) is 0 Å². The molecule has 21 heavy (non-hydrogen) atoms. The Morgan fingerprint density at radius 3 is 2.81 bits per heavy atom. The fraction of sp³-hybridized carbons (Fsp3) is 0.692. The fourth-order valence-electron chi connectivity index (χ4n) is 3.01. The van der Waals surface area contributed by atoms with Crippen LogP contribution in [-0.2, 0) is 11.2 Å². The monoisotopic (exact) mass is 320 g/mol. The van der Waals surface area contributed by atoms with Crippen LogP contribution in [0.25, 0.3) is 0 Å². The van der Waals surface area contributed by atoms with Crippen molar-refractivity contribution >= 4 is 22.4 Å². The quantitative estimate of drug-likeness (QED) is 0.910. The SMILES string of the molecule is O=C(O)C1CCc2sc(N3CCCC(C(F)(F)F)C3)nc21. The van der Waals surface area contributed by atoms with Crippen molar-refractivity contribution in [3.05, 3.63) is 10.6 Å². The lowest BCUT2D eigenvalue weighted by atomic mass is 9.98. The van der Waals surface area contributed by atoms with Gasteiger partial charge in [0.15, 0.2) is 5.13 Å². The van der Waals surface area contributed by atoms with Gasteiger partial charge in [-0.3, -0.25) is 4.79 Å². The van der Waals surface area contributed by atoms with Crippen LogP contribution in [0.3, 0.4) is 0 Å². The molecule has 1 fully saturated rings. The molecule has 1 N–H and O–H groups in total. The normalized spacial score (nSPS) is 26.0. The molecule has 0 aromatic carbocycles. The standard InChI is InChI=1S/C13H15F3N2O2S/c14-13(15,16)7-2-1-5-18(6-7)12-17-10-8(11(19)20)3-4-9(10)21-12/h7-8H,1-6H2,(H,19,20). The van der Waals surface area contributed by atoms with Gasteiger partial charge >= 0.3 is 12.1 Å². The summed E-state index contributed by atoms with van der Waals surface area (Å²) in [6.45, 7) is 0.477. The highest BCUT2D eigenvalue weighted by Crippen LogP contribution is 2.41. The first-order valence-electron chi connectivity index (χ1n) is 6.90. The van der Waals surface area contributed by atoms with E-state index in [0.717, 1.165) is 4.88 Å². The van der Waals surface area contributed by atoms with Gasteiger partial charge in [-0.1, -0.05) is 0 Å². The molecule has 2 aliphatic rings. The molecule has 1 aliphatic carbocycles. The summed E-state index contributed by atoms with van der Waals surface area (Å²) in [5.41, 5.74) is 0.552. The first-order valence-corrected chi connectivity index (χ1v) is 7.72. The number of nitrogens with zero attached hydrogens (tertiary/aromatic N) is 2. The average molecular weight is 320 g/mol. The molecule has 3 rings (SSSR count). The molecule has 8 heteroatoms. The number of halogens is 3. The van der Waals surface area contributed by atoms with E-state index < -0.39 is 24.0 Å². The number of carboxylic acids is 1. The summed E-state index contributed by atoms with van der Waals surface area (Å²) in [5.74, 6) is -2.83. The molecule has 1 aromatic rings. The summed E-state index contributed by atoms with van der Waals surface area (Å²) in [6.07, 6.45) is -2.35. The van der Waals surface area contributed by atoms with E-state index in [1.54, 1.807) is 4.90 Å². The fourth-order valence-corrected chi connectivity index (χ4v) is 4.18.